The van der Waals surface area contributed by atoms with E-state index in [4.69, 9.17) is 15.6 Å². The maximum absolute atomic E-state index is 10.8. The van der Waals surface area contributed by atoms with Crippen LogP contribution in [0.3, 0.4) is 0 Å². The molecule has 16 heavy (non-hydrogen) atoms. The lowest BCUT2D eigenvalue weighted by molar-refractivity contribution is -0.138. The minimum Gasteiger partial charge on any atom is -0.504 e. The second-order valence-electron chi connectivity index (χ2n) is 3.29. The van der Waals surface area contributed by atoms with E-state index < -0.39 is 12.0 Å². The fraction of sp³-hybridized carbons (Fsp3) is 0.300. The average Bonchev–Trinajstić information content (AvgIpc) is 2.17. The molecule has 1 aromatic rings. The van der Waals surface area contributed by atoms with Gasteiger partial charge in [-0.05, 0) is 34.5 Å². The summed E-state index contributed by atoms with van der Waals surface area (Å²) in [6.07, 6.45) is 0. The molecule has 6 heteroatoms. The van der Waals surface area contributed by atoms with Crippen molar-refractivity contribution in [2.24, 2.45) is 5.73 Å². The smallest absolute Gasteiger partial charge is 0.325 e. The molecule has 5 nitrogen and oxygen atoms in total. The van der Waals surface area contributed by atoms with E-state index in [0.717, 1.165) is 0 Å². The van der Waals surface area contributed by atoms with Gasteiger partial charge in [-0.1, -0.05) is 0 Å². The molecule has 4 N–H and O–H groups in total. The van der Waals surface area contributed by atoms with Crippen LogP contribution < -0.4 is 10.5 Å². The Balaban J connectivity index is 3.45. The predicted octanol–water partition coefficient (Wildman–Crippen LogP) is 1.56. The number of phenolic OH excluding ortho intramolecular Hbond substituents is 1. The van der Waals surface area contributed by atoms with Crippen LogP contribution in [0.2, 0.25) is 0 Å². The third kappa shape index (κ3) is 2.12. The molecule has 0 saturated carbocycles. The second-order valence-corrected chi connectivity index (χ2v) is 4.14. The Bertz CT molecular complexity index is 433. The van der Waals surface area contributed by atoms with E-state index in [1.165, 1.54) is 7.11 Å². The number of hydrogen-bond acceptors (Lipinski definition) is 4. The maximum atomic E-state index is 10.8. The Labute approximate surface area is 101 Å². The summed E-state index contributed by atoms with van der Waals surface area (Å²) in [4.78, 5) is 10.8. The van der Waals surface area contributed by atoms with Crippen molar-refractivity contribution in [2.75, 3.05) is 7.11 Å². The Hall–Kier alpha value is -1.27. The van der Waals surface area contributed by atoms with Gasteiger partial charge in [0.15, 0.2) is 11.5 Å². The van der Waals surface area contributed by atoms with Gasteiger partial charge in [0.25, 0.3) is 0 Å². The van der Waals surface area contributed by atoms with Crippen LogP contribution in [0.25, 0.3) is 0 Å². The zero-order valence-electron chi connectivity index (χ0n) is 8.82. The fourth-order valence-corrected chi connectivity index (χ4v) is 2.16. The largest absolute Gasteiger partial charge is 0.504 e. The number of carbonyl (C=O) groups is 1. The molecule has 0 aliphatic heterocycles. The standard InChI is InChI=1S/C10H12BrNO4/c1-4-3-5(11)9(16-2)8(13)6(4)7(12)10(14)15/h3,7,13H,12H2,1-2H3,(H,14,15). The molecule has 0 aliphatic rings. The lowest BCUT2D eigenvalue weighted by Crippen LogP contribution is -2.22. The van der Waals surface area contributed by atoms with Crippen molar-refractivity contribution in [1.82, 2.24) is 0 Å². The molecule has 0 fully saturated rings. The van der Waals surface area contributed by atoms with Crippen molar-refractivity contribution in [3.8, 4) is 11.5 Å². The van der Waals surface area contributed by atoms with E-state index in [1.54, 1.807) is 13.0 Å². The predicted molar refractivity (Wildman–Crippen MR) is 61.7 cm³/mol. The number of ether oxygens (including phenoxy) is 1. The van der Waals surface area contributed by atoms with Crippen LogP contribution in [0.15, 0.2) is 10.5 Å². The number of rotatable bonds is 3. The number of methoxy groups -OCH3 is 1. The molecule has 1 rings (SSSR count). The number of carboxylic acid groups (broad SMARTS) is 1. The highest BCUT2D eigenvalue weighted by molar-refractivity contribution is 9.10. The number of aromatic hydroxyl groups is 1. The molecule has 1 unspecified atom stereocenters. The van der Waals surface area contributed by atoms with Crippen LogP contribution in [0.4, 0.5) is 0 Å². The molecule has 0 amide bonds. The summed E-state index contributed by atoms with van der Waals surface area (Å²) in [5.41, 5.74) is 6.23. The van der Waals surface area contributed by atoms with Crippen molar-refractivity contribution in [1.29, 1.82) is 0 Å². The first-order chi connectivity index (χ1) is 7.40. The number of phenols is 1. The van der Waals surface area contributed by atoms with Gasteiger partial charge < -0.3 is 20.7 Å². The average molecular weight is 290 g/mol. The second kappa shape index (κ2) is 4.71. The molecular formula is C10H12BrNO4. The van der Waals surface area contributed by atoms with Crippen LogP contribution in [0.1, 0.15) is 17.2 Å². The van der Waals surface area contributed by atoms with E-state index in [1.807, 2.05) is 0 Å². The number of benzene rings is 1. The number of aliphatic carboxylic acids is 1. The molecule has 0 spiro atoms. The number of hydrogen-bond donors (Lipinski definition) is 3. The summed E-state index contributed by atoms with van der Waals surface area (Å²) in [6, 6.07) is 0.374. The van der Waals surface area contributed by atoms with Crippen LogP contribution in [0, 0.1) is 6.92 Å². The lowest BCUT2D eigenvalue weighted by Gasteiger charge is -2.16. The SMILES string of the molecule is COc1c(Br)cc(C)c(C(N)C(=O)O)c1O. The van der Waals surface area contributed by atoms with Crippen molar-refractivity contribution in [2.45, 2.75) is 13.0 Å². The van der Waals surface area contributed by atoms with Crippen LogP contribution in [0.5, 0.6) is 11.5 Å². The molecule has 0 heterocycles. The lowest BCUT2D eigenvalue weighted by atomic mass is 10.00. The van der Waals surface area contributed by atoms with E-state index in [9.17, 15) is 9.90 Å². The molecular weight excluding hydrogens is 278 g/mol. The molecule has 0 radical (unpaired) electrons. The Morgan fingerprint density at radius 2 is 2.19 bits per heavy atom. The van der Waals surface area contributed by atoms with E-state index in [0.29, 0.717) is 10.0 Å². The van der Waals surface area contributed by atoms with Gasteiger partial charge >= 0.3 is 5.97 Å². The molecule has 0 aromatic heterocycles. The van der Waals surface area contributed by atoms with E-state index in [-0.39, 0.29) is 17.1 Å². The van der Waals surface area contributed by atoms with Crippen molar-refractivity contribution >= 4 is 21.9 Å². The Morgan fingerprint density at radius 3 is 2.62 bits per heavy atom. The zero-order chi connectivity index (χ0) is 12.5. The van der Waals surface area contributed by atoms with Gasteiger partial charge in [0, 0.05) is 5.56 Å². The highest BCUT2D eigenvalue weighted by Gasteiger charge is 2.24. The molecule has 0 saturated heterocycles. The molecule has 88 valence electrons. The van der Waals surface area contributed by atoms with E-state index >= 15 is 0 Å². The Morgan fingerprint density at radius 1 is 1.62 bits per heavy atom. The summed E-state index contributed by atoms with van der Waals surface area (Å²) in [7, 11) is 1.38. The number of carboxylic acids is 1. The van der Waals surface area contributed by atoms with Crippen molar-refractivity contribution in [3.63, 3.8) is 0 Å². The number of nitrogens with two attached hydrogens (primary N) is 1. The highest BCUT2D eigenvalue weighted by Crippen LogP contribution is 2.41. The van der Waals surface area contributed by atoms with Crippen molar-refractivity contribution in [3.05, 3.63) is 21.7 Å². The summed E-state index contributed by atoms with van der Waals surface area (Å²) in [5, 5.41) is 18.7. The summed E-state index contributed by atoms with van der Waals surface area (Å²) < 4.78 is 5.50. The third-order valence-electron chi connectivity index (χ3n) is 2.24. The minimum atomic E-state index is -1.28. The first-order valence-corrected chi connectivity index (χ1v) is 5.23. The molecule has 1 atom stereocenters. The quantitative estimate of drug-likeness (QED) is 0.785. The van der Waals surface area contributed by atoms with Gasteiger partial charge in [0.1, 0.15) is 6.04 Å². The first kappa shape index (κ1) is 12.8. The van der Waals surface area contributed by atoms with Crippen LogP contribution in [-0.4, -0.2) is 23.3 Å². The number of halogens is 1. The van der Waals surface area contributed by atoms with Gasteiger partial charge in [-0.2, -0.15) is 0 Å². The third-order valence-corrected chi connectivity index (χ3v) is 2.83. The van der Waals surface area contributed by atoms with Gasteiger partial charge in [-0.25, -0.2) is 0 Å². The topological polar surface area (TPSA) is 92.8 Å². The van der Waals surface area contributed by atoms with Crippen LogP contribution in [-0.2, 0) is 4.79 Å². The monoisotopic (exact) mass is 289 g/mol. The summed E-state index contributed by atoms with van der Waals surface area (Å²) in [5.74, 6) is -1.27. The van der Waals surface area contributed by atoms with Gasteiger partial charge in [0.05, 0.1) is 11.6 Å². The fourth-order valence-electron chi connectivity index (χ4n) is 1.47. The van der Waals surface area contributed by atoms with Gasteiger partial charge in [-0.3, -0.25) is 4.79 Å². The molecule has 0 aliphatic carbocycles. The van der Waals surface area contributed by atoms with Crippen LogP contribution >= 0.6 is 15.9 Å². The minimum absolute atomic E-state index is 0.160. The summed E-state index contributed by atoms with van der Waals surface area (Å²) in [6.45, 7) is 1.67. The van der Waals surface area contributed by atoms with Gasteiger partial charge in [-0.15, -0.1) is 0 Å². The first-order valence-electron chi connectivity index (χ1n) is 4.44. The zero-order valence-corrected chi connectivity index (χ0v) is 10.4. The highest BCUT2D eigenvalue weighted by atomic mass is 79.9. The van der Waals surface area contributed by atoms with Gasteiger partial charge in [0.2, 0.25) is 0 Å². The maximum Gasteiger partial charge on any atom is 0.325 e. The molecule has 1 aromatic carbocycles. The normalized spacial score (nSPS) is 12.2. The van der Waals surface area contributed by atoms with Crippen molar-refractivity contribution < 1.29 is 19.7 Å². The van der Waals surface area contributed by atoms with E-state index in [2.05, 4.69) is 15.9 Å². The molecule has 0 bridgehead atoms. The summed E-state index contributed by atoms with van der Waals surface area (Å²) >= 11 is 3.21. The Kier molecular flexibility index (Phi) is 3.77. The number of aryl methyl sites for hydroxylation is 1.